The third-order valence-corrected chi connectivity index (χ3v) is 1.00. The third-order valence-electron chi connectivity index (χ3n) is 1.00. The fourth-order valence-corrected chi connectivity index (χ4v) is 0.285. The van der Waals surface area contributed by atoms with Gasteiger partial charge in [0.25, 0.3) is 0 Å². The number of aliphatic carboxylic acids is 1. The van der Waals surface area contributed by atoms with Crippen molar-refractivity contribution in [1.82, 2.24) is 0 Å². The van der Waals surface area contributed by atoms with Gasteiger partial charge in [-0.15, -0.1) is 0 Å². The first-order chi connectivity index (χ1) is 3.55. The molecule has 0 bridgehead atoms. The second-order valence-corrected chi connectivity index (χ2v) is 2.11. The molecule has 1 atom stereocenters. The molecule has 4 heteroatoms. The average molecular weight is 225 g/mol. The quantitative estimate of drug-likeness (QED) is 0.652. The zero-order valence-electron chi connectivity index (χ0n) is 5.39. The summed E-state index contributed by atoms with van der Waals surface area (Å²) >= 11 is 0. The van der Waals surface area contributed by atoms with Gasteiger partial charge in [0.2, 0.25) is 0 Å². The number of carboxylic acid groups (broad SMARTS) is 1. The van der Waals surface area contributed by atoms with Gasteiger partial charge >= 0.3 is 5.97 Å². The Balaban J connectivity index is 0. The molecular weight excluding hydrogens is 214 g/mol. The number of hydrogen-bond donors (Lipinski definition) is 2. The molecule has 0 saturated carbocycles. The molecule has 3 nitrogen and oxygen atoms in total. The minimum absolute atomic E-state index is 0. The van der Waals surface area contributed by atoms with E-state index in [1.165, 1.54) is 0 Å². The van der Waals surface area contributed by atoms with Crippen LogP contribution in [0.4, 0.5) is 0 Å². The molecule has 0 aromatic carbocycles. The van der Waals surface area contributed by atoms with Crippen LogP contribution in [0, 0.1) is 5.92 Å². The monoisotopic (exact) mass is 224 g/mol. The van der Waals surface area contributed by atoms with Gasteiger partial charge in [0.1, 0.15) is 6.04 Å². The van der Waals surface area contributed by atoms with Gasteiger partial charge in [-0.2, -0.15) is 0 Å². The van der Waals surface area contributed by atoms with Gasteiger partial charge in [-0.25, -0.2) is 0 Å². The molecule has 0 amide bonds. The van der Waals surface area contributed by atoms with Gasteiger partial charge in [-0.05, 0) is 5.92 Å². The van der Waals surface area contributed by atoms with E-state index in [0.717, 1.165) is 0 Å². The van der Waals surface area contributed by atoms with Crippen LogP contribution in [0.1, 0.15) is 13.8 Å². The number of carboxylic acids is 1. The maximum absolute atomic E-state index is 10.0. The van der Waals surface area contributed by atoms with Gasteiger partial charge in [0.05, 0.1) is 0 Å². The minimum atomic E-state index is -0.931. The van der Waals surface area contributed by atoms with Crippen molar-refractivity contribution in [3.05, 3.63) is 0 Å². The van der Waals surface area contributed by atoms with Gasteiger partial charge < -0.3 is 10.8 Å². The maximum atomic E-state index is 10.0. The number of carbonyl (C=O) groups is 1. The summed E-state index contributed by atoms with van der Waals surface area (Å²) in [6, 6.07) is -0.713. The summed E-state index contributed by atoms with van der Waals surface area (Å²) in [7, 11) is 0. The van der Waals surface area contributed by atoms with Crippen molar-refractivity contribution in [2.24, 2.45) is 11.7 Å². The Morgan fingerprint density at radius 3 is 1.89 bits per heavy atom. The molecule has 0 aliphatic rings. The van der Waals surface area contributed by atoms with Crippen molar-refractivity contribution in [3.63, 3.8) is 0 Å². The van der Waals surface area contributed by atoms with E-state index in [1.54, 1.807) is 13.8 Å². The molecule has 59 valence electrons. The summed E-state index contributed by atoms with van der Waals surface area (Å²) in [6.45, 7) is 3.55. The van der Waals surface area contributed by atoms with Crippen molar-refractivity contribution in [3.8, 4) is 0 Å². The topological polar surface area (TPSA) is 63.3 Å². The minimum Gasteiger partial charge on any atom is -0.480 e. The SMILES string of the molecule is CC(C)C(N)C(=O)O.[Ag]. The second kappa shape index (κ2) is 5.00. The van der Waals surface area contributed by atoms with Crippen LogP contribution in [-0.4, -0.2) is 17.1 Å². The molecule has 0 aromatic heterocycles. The van der Waals surface area contributed by atoms with Crippen LogP contribution in [-0.2, 0) is 27.2 Å². The van der Waals surface area contributed by atoms with Crippen LogP contribution in [0.3, 0.4) is 0 Å². The molecule has 0 aliphatic heterocycles. The Kier molecular flexibility index (Phi) is 6.61. The van der Waals surface area contributed by atoms with Crippen LogP contribution < -0.4 is 5.73 Å². The van der Waals surface area contributed by atoms with Crippen LogP contribution >= 0.6 is 0 Å². The molecule has 3 N–H and O–H groups in total. The van der Waals surface area contributed by atoms with Crippen molar-refractivity contribution in [2.75, 3.05) is 0 Å². The molecule has 0 aromatic rings. The molecule has 0 fully saturated rings. The normalized spacial score (nSPS) is 12.4. The molecule has 0 rings (SSSR count). The van der Waals surface area contributed by atoms with E-state index in [-0.39, 0.29) is 28.3 Å². The van der Waals surface area contributed by atoms with Crippen molar-refractivity contribution >= 4 is 5.97 Å². The predicted octanol–water partition coefficient (Wildman–Crippen LogP) is 0.0518. The third kappa shape index (κ3) is 4.66. The first-order valence-electron chi connectivity index (χ1n) is 2.54. The summed E-state index contributed by atoms with van der Waals surface area (Å²) in [4.78, 5) is 10.0. The molecular formula is C5H11AgNO2. The van der Waals surface area contributed by atoms with Crippen molar-refractivity contribution < 1.29 is 32.3 Å². The number of nitrogens with two attached hydrogens (primary N) is 1. The molecule has 0 aliphatic carbocycles. The molecule has 1 unspecified atom stereocenters. The average Bonchev–Trinajstić information content (AvgIpc) is 1.64. The molecule has 0 heterocycles. The Morgan fingerprint density at radius 2 is 1.89 bits per heavy atom. The van der Waals surface area contributed by atoms with Crippen molar-refractivity contribution in [1.29, 1.82) is 0 Å². The first-order valence-corrected chi connectivity index (χ1v) is 2.54. The van der Waals surface area contributed by atoms with Gasteiger partial charge in [-0.1, -0.05) is 13.8 Å². The van der Waals surface area contributed by atoms with Gasteiger partial charge in [0, 0.05) is 22.4 Å². The molecule has 9 heavy (non-hydrogen) atoms. The largest absolute Gasteiger partial charge is 0.480 e. The molecule has 0 spiro atoms. The van der Waals surface area contributed by atoms with Crippen molar-refractivity contribution in [2.45, 2.75) is 19.9 Å². The standard InChI is InChI=1S/C5H11NO2.Ag/c1-3(2)4(6)5(7)8;/h3-4H,6H2,1-2H3,(H,7,8);. The second-order valence-electron chi connectivity index (χ2n) is 2.11. The summed E-state index contributed by atoms with van der Waals surface area (Å²) in [5.41, 5.74) is 5.16. The van der Waals surface area contributed by atoms with Crippen LogP contribution in [0.5, 0.6) is 0 Å². The van der Waals surface area contributed by atoms with Gasteiger partial charge in [-0.3, -0.25) is 4.79 Å². The fourth-order valence-electron chi connectivity index (χ4n) is 0.285. The number of hydrogen-bond acceptors (Lipinski definition) is 2. The van der Waals surface area contributed by atoms with E-state index in [0.29, 0.717) is 0 Å². The summed E-state index contributed by atoms with van der Waals surface area (Å²) < 4.78 is 0. The van der Waals surface area contributed by atoms with E-state index in [1.807, 2.05) is 0 Å². The Morgan fingerprint density at radius 1 is 1.56 bits per heavy atom. The Hall–Kier alpha value is 0.170. The zero-order valence-corrected chi connectivity index (χ0v) is 6.87. The Bertz CT molecular complexity index is 95.0. The predicted molar refractivity (Wildman–Crippen MR) is 30.4 cm³/mol. The van der Waals surface area contributed by atoms with Crippen LogP contribution in [0.25, 0.3) is 0 Å². The van der Waals surface area contributed by atoms with E-state index >= 15 is 0 Å². The maximum Gasteiger partial charge on any atom is 0.320 e. The molecule has 0 saturated heterocycles. The fraction of sp³-hybridized carbons (Fsp3) is 0.800. The summed E-state index contributed by atoms with van der Waals surface area (Å²) in [5, 5.41) is 8.23. The smallest absolute Gasteiger partial charge is 0.320 e. The van der Waals surface area contributed by atoms with Crippen LogP contribution in [0.2, 0.25) is 0 Å². The Labute approximate surface area is 70.1 Å². The van der Waals surface area contributed by atoms with E-state index in [2.05, 4.69) is 0 Å². The first kappa shape index (κ1) is 11.9. The number of rotatable bonds is 2. The zero-order chi connectivity index (χ0) is 6.73. The van der Waals surface area contributed by atoms with E-state index in [9.17, 15) is 4.79 Å². The summed E-state index contributed by atoms with van der Waals surface area (Å²) in [6.07, 6.45) is 0. The molecule has 1 radical (unpaired) electrons. The van der Waals surface area contributed by atoms with Crippen LogP contribution in [0.15, 0.2) is 0 Å². The van der Waals surface area contributed by atoms with E-state index < -0.39 is 12.0 Å². The summed E-state index contributed by atoms with van der Waals surface area (Å²) in [5.74, 6) is -0.910. The van der Waals surface area contributed by atoms with E-state index in [4.69, 9.17) is 10.8 Å². The van der Waals surface area contributed by atoms with Gasteiger partial charge in [0.15, 0.2) is 0 Å².